The van der Waals surface area contributed by atoms with Gasteiger partial charge in [0.05, 0.1) is 9.80 Å². The molecule has 1 fully saturated rings. The van der Waals surface area contributed by atoms with Crippen molar-refractivity contribution in [3.05, 3.63) is 27.1 Å². The standard InChI is InChI=1S/C11H15N3O3S/c15-11(9-3-4-10(18-9)14(16)17)13-7-5-8-2-1-6-12-8/h3-4,8,12H,1-2,5-7H2,(H,13,15)/t8-/m0/s1. The largest absolute Gasteiger partial charge is 0.351 e. The highest BCUT2D eigenvalue weighted by Gasteiger charge is 2.16. The number of amides is 1. The summed E-state index contributed by atoms with van der Waals surface area (Å²) in [7, 11) is 0. The number of nitrogens with zero attached hydrogens (tertiary/aromatic N) is 1. The van der Waals surface area contributed by atoms with Crippen molar-refractivity contribution >= 4 is 22.2 Å². The summed E-state index contributed by atoms with van der Waals surface area (Å²) in [5, 5.41) is 16.6. The predicted octanol–water partition coefficient (Wildman–Crippen LogP) is 1.53. The molecule has 1 aromatic rings. The van der Waals surface area contributed by atoms with E-state index in [4.69, 9.17) is 0 Å². The highest BCUT2D eigenvalue weighted by atomic mass is 32.1. The molecule has 1 aliphatic rings. The minimum atomic E-state index is -0.482. The third-order valence-corrected chi connectivity index (χ3v) is 3.97. The van der Waals surface area contributed by atoms with Crippen molar-refractivity contribution in [2.45, 2.75) is 25.3 Å². The highest BCUT2D eigenvalue weighted by molar-refractivity contribution is 7.17. The van der Waals surface area contributed by atoms with Gasteiger partial charge in [-0.2, -0.15) is 0 Å². The Morgan fingerprint density at radius 2 is 2.44 bits per heavy atom. The molecule has 0 aromatic carbocycles. The Labute approximate surface area is 109 Å². The van der Waals surface area contributed by atoms with E-state index in [2.05, 4.69) is 10.6 Å². The summed E-state index contributed by atoms with van der Waals surface area (Å²) in [6.45, 7) is 1.65. The van der Waals surface area contributed by atoms with Crippen molar-refractivity contribution in [3.63, 3.8) is 0 Å². The number of carbonyl (C=O) groups excluding carboxylic acids is 1. The zero-order valence-electron chi connectivity index (χ0n) is 9.85. The van der Waals surface area contributed by atoms with Crippen LogP contribution in [0.15, 0.2) is 12.1 Å². The first-order valence-electron chi connectivity index (χ1n) is 5.92. The van der Waals surface area contributed by atoms with Crippen molar-refractivity contribution in [1.82, 2.24) is 10.6 Å². The molecule has 2 rings (SSSR count). The van der Waals surface area contributed by atoms with E-state index >= 15 is 0 Å². The summed E-state index contributed by atoms with van der Waals surface area (Å²) < 4.78 is 0. The summed E-state index contributed by atoms with van der Waals surface area (Å²) in [4.78, 5) is 22.1. The maximum atomic E-state index is 11.7. The maximum absolute atomic E-state index is 11.7. The van der Waals surface area contributed by atoms with Crippen molar-refractivity contribution in [2.75, 3.05) is 13.1 Å². The quantitative estimate of drug-likeness (QED) is 0.627. The van der Waals surface area contributed by atoms with Gasteiger partial charge in [0.2, 0.25) is 0 Å². The Kier molecular flexibility index (Phi) is 4.27. The van der Waals surface area contributed by atoms with Crippen LogP contribution in [-0.4, -0.2) is 30.0 Å². The average Bonchev–Trinajstić information content (AvgIpc) is 2.99. The van der Waals surface area contributed by atoms with E-state index in [-0.39, 0.29) is 10.9 Å². The van der Waals surface area contributed by atoms with Gasteiger partial charge in [0, 0.05) is 18.7 Å². The van der Waals surface area contributed by atoms with Gasteiger partial charge >= 0.3 is 5.00 Å². The third kappa shape index (κ3) is 3.27. The Balaban J connectivity index is 1.77. The van der Waals surface area contributed by atoms with Crippen LogP contribution in [0.5, 0.6) is 0 Å². The molecule has 1 aromatic heterocycles. The SMILES string of the molecule is O=C(NCC[C@@H]1CCCN1)c1ccc([N+](=O)[O-])s1. The first-order chi connectivity index (χ1) is 8.66. The fraction of sp³-hybridized carbons (Fsp3) is 0.545. The van der Waals surface area contributed by atoms with Gasteiger partial charge in [0.15, 0.2) is 0 Å². The van der Waals surface area contributed by atoms with Gasteiger partial charge in [0.25, 0.3) is 5.91 Å². The van der Waals surface area contributed by atoms with Gasteiger partial charge in [-0.1, -0.05) is 11.3 Å². The molecule has 0 aliphatic carbocycles. The highest BCUT2D eigenvalue weighted by Crippen LogP contribution is 2.23. The second-order valence-corrected chi connectivity index (χ2v) is 5.30. The van der Waals surface area contributed by atoms with E-state index in [9.17, 15) is 14.9 Å². The molecule has 1 atom stereocenters. The maximum Gasteiger partial charge on any atom is 0.324 e. The molecule has 6 nitrogen and oxygen atoms in total. The van der Waals surface area contributed by atoms with Crippen LogP contribution in [0.4, 0.5) is 5.00 Å². The van der Waals surface area contributed by atoms with Gasteiger partial charge in [0.1, 0.15) is 0 Å². The third-order valence-electron chi connectivity index (χ3n) is 2.94. The van der Waals surface area contributed by atoms with E-state index < -0.39 is 4.92 Å². The average molecular weight is 269 g/mol. The second-order valence-electron chi connectivity index (χ2n) is 4.23. The zero-order valence-corrected chi connectivity index (χ0v) is 10.7. The molecule has 0 spiro atoms. The Bertz CT molecular complexity index is 440. The van der Waals surface area contributed by atoms with Gasteiger partial charge in [-0.25, -0.2) is 0 Å². The molecular formula is C11H15N3O3S. The second kappa shape index (κ2) is 5.92. The van der Waals surface area contributed by atoms with Gasteiger partial charge in [-0.05, 0) is 31.9 Å². The molecule has 2 N–H and O–H groups in total. The monoisotopic (exact) mass is 269 g/mol. The number of carbonyl (C=O) groups is 1. The lowest BCUT2D eigenvalue weighted by Gasteiger charge is -2.09. The zero-order chi connectivity index (χ0) is 13.0. The molecule has 2 heterocycles. The van der Waals surface area contributed by atoms with Crippen LogP contribution in [-0.2, 0) is 0 Å². The van der Waals surface area contributed by atoms with Gasteiger partial charge < -0.3 is 10.6 Å². The lowest BCUT2D eigenvalue weighted by Crippen LogP contribution is -2.30. The minimum absolute atomic E-state index is 0.00221. The van der Waals surface area contributed by atoms with E-state index in [0.717, 1.165) is 30.7 Å². The smallest absolute Gasteiger partial charge is 0.324 e. The first kappa shape index (κ1) is 13.0. The van der Waals surface area contributed by atoms with Crippen LogP contribution < -0.4 is 10.6 Å². The lowest BCUT2D eigenvalue weighted by molar-refractivity contribution is -0.380. The molecule has 1 amide bonds. The molecule has 18 heavy (non-hydrogen) atoms. The van der Waals surface area contributed by atoms with Crippen molar-refractivity contribution in [2.24, 2.45) is 0 Å². The van der Waals surface area contributed by atoms with Crippen molar-refractivity contribution in [1.29, 1.82) is 0 Å². The summed E-state index contributed by atoms with van der Waals surface area (Å²) in [5.74, 6) is -0.230. The summed E-state index contributed by atoms with van der Waals surface area (Å²) >= 11 is 0.905. The fourth-order valence-electron chi connectivity index (χ4n) is 2.00. The molecular weight excluding hydrogens is 254 g/mol. The molecule has 0 radical (unpaired) electrons. The molecule has 1 saturated heterocycles. The Morgan fingerprint density at radius 3 is 3.06 bits per heavy atom. The number of hydrogen-bond acceptors (Lipinski definition) is 5. The summed E-state index contributed by atoms with van der Waals surface area (Å²) in [6.07, 6.45) is 3.25. The number of nitro groups is 1. The van der Waals surface area contributed by atoms with Crippen LogP contribution in [0.2, 0.25) is 0 Å². The van der Waals surface area contributed by atoms with E-state index in [1.807, 2.05) is 0 Å². The van der Waals surface area contributed by atoms with Crippen molar-refractivity contribution < 1.29 is 9.72 Å². The van der Waals surface area contributed by atoms with E-state index in [1.165, 1.54) is 18.6 Å². The van der Waals surface area contributed by atoms with Crippen LogP contribution in [0.3, 0.4) is 0 Å². The lowest BCUT2D eigenvalue weighted by atomic mass is 10.1. The Hall–Kier alpha value is -1.47. The van der Waals surface area contributed by atoms with Gasteiger partial charge in [-0.15, -0.1) is 0 Å². The van der Waals surface area contributed by atoms with Crippen LogP contribution in [0.1, 0.15) is 28.9 Å². The molecule has 1 aliphatic heterocycles. The number of nitrogens with one attached hydrogen (secondary N) is 2. The van der Waals surface area contributed by atoms with Gasteiger partial charge in [-0.3, -0.25) is 14.9 Å². The summed E-state index contributed by atoms with van der Waals surface area (Å²) in [5.41, 5.74) is 0. The Morgan fingerprint density at radius 1 is 1.61 bits per heavy atom. The van der Waals surface area contributed by atoms with Crippen LogP contribution in [0.25, 0.3) is 0 Å². The summed E-state index contributed by atoms with van der Waals surface area (Å²) in [6, 6.07) is 3.34. The minimum Gasteiger partial charge on any atom is -0.351 e. The number of thiophene rings is 1. The van der Waals surface area contributed by atoms with E-state index in [1.54, 1.807) is 0 Å². The first-order valence-corrected chi connectivity index (χ1v) is 6.74. The fourth-order valence-corrected chi connectivity index (χ4v) is 2.73. The molecule has 0 bridgehead atoms. The molecule has 0 unspecified atom stereocenters. The van der Waals surface area contributed by atoms with E-state index in [0.29, 0.717) is 17.5 Å². The molecule has 7 heteroatoms. The molecule has 0 saturated carbocycles. The van der Waals surface area contributed by atoms with Crippen LogP contribution >= 0.6 is 11.3 Å². The molecule has 98 valence electrons. The van der Waals surface area contributed by atoms with Crippen LogP contribution in [0, 0.1) is 10.1 Å². The normalized spacial score (nSPS) is 18.8. The number of rotatable bonds is 5. The predicted molar refractivity (Wildman–Crippen MR) is 68.9 cm³/mol. The number of hydrogen-bond donors (Lipinski definition) is 2. The van der Waals surface area contributed by atoms with Crippen molar-refractivity contribution in [3.8, 4) is 0 Å². The topological polar surface area (TPSA) is 84.3 Å².